The van der Waals surface area contributed by atoms with Crippen LogP contribution in [0.15, 0.2) is 48.8 Å². The number of aromatic nitrogens is 3. The van der Waals surface area contributed by atoms with E-state index >= 15 is 0 Å². The first-order chi connectivity index (χ1) is 13.1. The molecule has 0 bridgehead atoms. The lowest BCUT2D eigenvalue weighted by atomic mass is 10.2. The third kappa shape index (κ3) is 2.84. The lowest BCUT2D eigenvalue weighted by Gasteiger charge is -2.27. The van der Waals surface area contributed by atoms with Crippen LogP contribution in [0, 0.1) is 0 Å². The van der Waals surface area contributed by atoms with Gasteiger partial charge in [-0.2, -0.15) is 4.98 Å². The number of anilines is 3. The Labute approximate surface area is 154 Å². The van der Waals surface area contributed by atoms with Gasteiger partial charge < -0.3 is 25.8 Å². The molecule has 4 N–H and O–H groups in total. The van der Waals surface area contributed by atoms with Crippen molar-refractivity contribution >= 4 is 23.0 Å². The molecule has 4 rings (SSSR count). The first-order valence-corrected chi connectivity index (χ1v) is 8.09. The topological polar surface area (TPSA) is 126 Å². The lowest BCUT2D eigenvalue weighted by Crippen LogP contribution is -2.28. The minimum absolute atomic E-state index is 0.0890. The van der Waals surface area contributed by atoms with E-state index in [0.717, 1.165) is 11.4 Å². The molecule has 1 amide bonds. The summed E-state index contributed by atoms with van der Waals surface area (Å²) in [5.41, 5.74) is 8.04. The number of benzene rings is 1. The average molecular weight is 364 g/mol. The van der Waals surface area contributed by atoms with E-state index in [2.05, 4.69) is 20.3 Å². The number of ether oxygens (including phenoxy) is 1. The molecule has 1 aliphatic heterocycles. The Bertz CT molecular complexity index is 1030. The molecule has 0 fully saturated rings. The fraction of sp³-hybridized carbons (Fsp3) is 0.111. The van der Waals surface area contributed by atoms with Gasteiger partial charge in [0.05, 0.1) is 36.1 Å². The number of pyridine rings is 1. The lowest BCUT2D eigenvalue weighted by molar-refractivity contribution is 0.0995. The molecular weight excluding hydrogens is 348 g/mol. The zero-order valence-electron chi connectivity index (χ0n) is 14.3. The summed E-state index contributed by atoms with van der Waals surface area (Å²) >= 11 is 0. The molecule has 3 heterocycles. The highest BCUT2D eigenvalue weighted by Gasteiger charge is 2.35. The van der Waals surface area contributed by atoms with Crippen molar-refractivity contribution in [2.45, 2.75) is 6.17 Å². The highest BCUT2D eigenvalue weighted by Crippen LogP contribution is 2.46. The number of hydrogen-bond donors (Lipinski definition) is 3. The van der Waals surface area contributed by atoms with Gasteiger partial charge in [0.25, 0.3) is 5.91 Å². The van der Waals surface area contributed by atoms with E-state index < -0.39 is 18.1 Å². The highest BCUT2D eigenvalue weighted by molar-refractivity contribution is 5.99. The Balaban J connectivity index is 1.90. The number of nitrogens with one attached hydrogen (secondary N) is 1. The monoisotopic (exact) mass is 364 g/mol. The number of methoxy groups -OCH3 is 1. The zero-order valence-corrected chi connectivity index (χ0v) is 14.3. The highest BCUT2D eigenvalue weighted by atomic mass is 16.5. The van der Waals surface area contributed by atoms with Crippen LogP contribution in [0.2, 0.25) is 0 Å². The quantitative estimate of drug-likeness (QED) is 0.641. The van der Waals surface area contributed by atoms with Crippen molar-refractivity contribution in [2.24, 2.45) is 5.73 Å². The number of primary amides is 1. The van der Waals surface area contributed by atoms with Gasteiger partial charge in [0.2, 0.25) is 0 Å². The third-order valence-corrected chi connectivity index (χ3v) is 4.23. The number of fused-ring (bicyclic) bond motifs is 1. The van der Waals surface area contributed by atoms with Crippen molar-refractivity contribution in [3.8, 4) is 11.8 Å². The molecule has 0 radical (unpaired) electrons. The Morgan fingerprint density at radius 2 is 2.07 bits per heavy atom. The van der Waals surface area contributed by atoms with E-state index in [0.29, 0.717) is 17.1 Å². The van der Waals surface area contributed by atoms with Gasteiger partial charge in [-0.15, -0.1) is 0 Å². The second-order valence-electron chi connectivity index (χ2n) is 5.82. The number of nitrogens with zero attached hydrogens (tertiary/aromatic N) is 4. The van der Waals surface area contributed by atoms with Crippen molar-refractivity contribution in [1.82, 2.24) is 15.0 Å². The number of carbonyl (C=O) groups excluding carboxylic acids is 1. The number of nitrogens with two attached hydrogens (primary N) is 1. The maximum atomic E-state index is 11.9. The van der Waals surface area contributed by atoms with Crippen molar-refractivity contribution in [3.63, 3.8) is 0 Å². The van der Waals surface area contributed by atoms with E-state index in [9.17, 15) is 9.90 Å². The van der Waals surface area contributed by atoms with Gasteiger partial charge in [0.1, 0.15) is 11.9 Å². The second kappa shape index (κ2) is 6.45. The zero-order chi connectivity index (χ0) is 19.0. The maximum absolute atomic E-state index is 11.9. The van der Waals surface area contributed by atoms with Crippen LogP contribution in [0.1, 0.15) is 22.3 Å². The molecule has 1 unspecified atom stereocenters. The molecule has 1 aromatic carbocycles. The number of hydrogen-bond acceptors (Lipinski definition) is 8. The van der Waals surface area contributed by atoms with E-state index in [-0.39, 0.29) is 5.69 Å². The van der Waals surface area contributed by atoms with Crippen molar-refractivity contribution in [2.75, 3.05) is 17.3 Å². The van der Waals surface area contributed by atoms with Crippen molar-refractivity contribution in [1.29, 1.82) is 0 Å². The smallest absolute Gasteiger partial charge is 0.314 e. The second-order valence-corrected chi connectivity index (χ2v) is 5.82. The predicted octanol–water partition coefficient (Wildman–Crippen LogP) is 1.95. The Kier molecular flexibility index (Phi) is 3.96. The van der Waals surface area contributed by atoms with Crippen LogP contribution in [0.3, 0.4) is 0 Å². The van der Waals surface area contributed by atoms with Crippen LogP contribution in [-0.4, -0.2) is 33.1 Å². The van der Waals surface area contributed by atoms with Gasteiger partial charge in [-0.1, -0.05) is 12.1 Å². The average Bonchev–Trinajstić information content (AvgIpc) is 3.07. The summed E-state index contributed by atoms with van der Waals surface area (Å²) in [6.07, 6.45) is 2.54. The fourth-order valence-electron chi connectivity index (χ4n) is 3.06. The SMILES string of the molecule is COc1ccnc(C2Nc3ccccc3N2c2cnc(O)nc2C(N)=O)c1. The molecule has 3 aromatic rings. The summed E-state index contributed by atoms with van der Waals surface area (Å²) in [5.74, 6) is -0.126. The molecule has 0 spiro atoms. The third-order valence-electron chi connectivity index (χ3n) is 4.23. The van der Waals surface area contributed by atoms with Gasteiger partial charge >= 0.3 is 6.01 Å². The molecule has 1 aliphatic rings. The fourth-order valence-corrected chi connectivity index (χ4v) is 3.06. The number of para-hydroxylation sites is 2. The molecule has 136 valence electrons. The van der Waals surface area contributed by atoms with Crippen molar-refractivity contribution < 1.29 is 14.6 Å². The Morgan fingerprint density at radius 1 is 1.26 bits per heavy atom. The standard InChI is InChI=1S/C18H16N6O3/c1-27-10-6-7-20-12(8-10)17-22-11-4-2-3-5-13(11)24(17)14-9-21-18(26)23-15(14)16(19)25/h2-9,17,22H,1H3,(H2,19,25)(H,21,23,26). The van der Waals surface area contributed by atoms with E-state index in [1.807, 2.05) is 29.2 Å². The largest absolute Gasteiger partial charge is 0.497 e. The van der Waals surface area contributed by atoms with Crippen LogP contribution in [-0.2, 0) is 0 Å². The number of rotatable bonds is 4. The van der Waals surface area contributed by atoms with Gasteiger partial charge in [0, 0.05) is 12.3 Å². The van der Waals surface area contributed by atoms with Crippen LogP contribution in [0.4, 0.5) is 17.1 Å². The summed E-state index contributed by atoms with van der Waals surface area (Å²) in [7, 11) is 1.58. The summed E-state index contributed by atoms with van der Waals surface area (Å²) in [4.78, 5) is 25.8. The molecule has 0 saturated carbocycles. The Hall–Kier alpha value is -3.88. The predicted molar refractivity (Wildman–Crippen MR) is 97.9 cm³/mol. The van der Waals surface area contributed by atoms with Crippen molar-refractivity contribution in [3.05, 3.63) is 60.2 Å². The van der Waals surface area contributed by atoms with E-state index in [1.165, 1.54) is 6.20 Å². The van der Waals surface area contributed by atoms with E-state index in [4.69, 9.17) is 10.5 Å². The van der Waals surface area contributed by atoms with Crippen LogP contribution in [0.5, 0.6) is 11.8 Å². The van der Waals surface area contributed by atoms with Gasteiger partial charge in [-0.05, 0) is 18.2 Å². The minimum atomic E-state index is -0.774. The normalized spacial score (nSPS) is 15.1. The van der Waals surface area contributed by atoms with Gasteiger partial charge in [0.15, 0.2) is 5.69 Å². The molecule has 9 heteroatoms. The Morgan fingerprint density at radius 3 is 2.85 bits per heavy atom. The molecule has 9 nitrogen and oxygen atoms in total. The molecule has 27 heavy (non-hydrogen) atoms. The van der Waals surface area contributed by atoms with Crippen LogP contribution >= 0.6 is 0 Å². The minimum Gasteiger partial charge on any atom is -0.497 e. The number of carbonyl (C=O) groups is 1. The van der Waals surface area contributed by atoms with Crippen LogP contribution < -0.4 is 20.7 Å². The molecular formula is C18H16N6O3. The first-order valence-electron chi connectivity index (χ1n) is 8.09. The number of amides is 1. The summed E-state index contributed by atoms with van der Waals surface area (Å²) in [6.45, 7) is 0. The van der Waals surface area contributed by atoms with Crippen LogP contribution in [0.25, 0.3) is 0 Å². The van der Waals surface area contributed by atoms with Gasteiger partial charge in [-0.25, -0.2) is 4.98 Å². The van der Waals surface area contributed by atoms with Gasteiger partial charge in [-0.3, -0.25) is 9.78 Å². The molecule has 2 aromatic heterocycles. The molecule has 1 atom stereocenters. The number of aromatic hydroxyl groups is 1. The summed E-state index contributed by atoms with van der Waals surface area (Å²) in [6, 6.07) is 10.6. The summed E-state index contributed by atoms with van der Waals surface area (Å²) in [5, 5.41) is 13.0. The summed E-state index contributed by atoms with van der Waals surface area (Å²) < 4.78 is 5.29. The maximum Gasteiger partial charge on any atom is 0.314 e. The first kappa shape index (κ1) is 16.6. The molecule has 0 saturated heterocycles. The van der Waals surface area contributed by atoms with E-state index in [1.54, 1.807) is 25.4 Å². The molecule has 0 aliphatic carbocycles.